The molecule has 1 amide bonds. The van der Waals surface area contributed by atoms with Gasteiger partial charge in [-0.15, -0.1) is 0 Å². The summed E-state index contributed by atoms with van der Waals surface area (Å²) < 4.78 is 31.3. The van der Waals surface area contributed by atoms with E-state index in [4.69, 9.17) is 16.3 Å². The van der Waals surface area contributed by atoms with E-state index < -0.39 is 10.0 Å². The summed E-state index contributed by atoms with van der Waals surface area (Å²) in [4.78, 5) is 12.1. The fourth-order valence-electron chi connectivity index (χ4n) is 3.24. The van der Waals surface area contributed by atoms with Crippen LogP contribution in [-0.4, -0.2) is 40.3 Å². The van der Waals surface area contributed by atoms with Crippen LogP contribution in [0.4, 0.5) is 5.69 Å². The number of nitrogens with one attached hydrogen (secondary N) is 1. The summed E-state index contributed by atoms with van der Waals surface area (Å²) in [6.07, 6.45) is 1.76. The predicted molar refractivity (Wildman–Crippen MR) is 125 cm³/mol. The van der Waals surface area contributed by atoms with Crippen LogP contribution in [0.5, 0.6) is 5.75 Å². The number of hydrogen-bond donors (Lipinski definition) is 1. The number of rotatable bonds is 10. The van der Waals surface area contributed by atoms with Gasteiger partial charge in [0.25, 0.3) is 0 Å². The Morgan fingerprint density at radius 3 is 2.48 bits per heavy atom. The van der Waals surface area contributed by atoms with Gasteiger partial charge in [0.05, 0.1) is 18.5 Å². The second kappa shape index (κ2) is 10.5. The van der Waals surface area contributed by atoms with Crippen molar-refractivity contribution in [3.63, 3.8) is 0 Å². The molecule has 0 aliphatic heterocycles. The lowest BCUT2D eigenvalue weighted by molar-refractivity contribution is -0.121. The van der Waals surface area contributed by atoms with E-state index in [1.165, 1.54) is 4.31 Å². The molecule has 164 valence electrons. The molecule has 0 spiro atoms. The molecule has 8 heteroatoms. The van der Waals surface area contributed by atoms with E-state index in [-0.39, 0.29) is 18.9 Å². The third-order valence-electron chi connectivity index (χ3n) is 4.71. The zero-order chi connectivity index (χ0) is 22.3. The van der Waals surface area contributed by atoms with Crippen LogP contribution in [0.15, 0.2) is 66.7 Å². The van der Waals surface area contributed by atoms with Crippen molar-refractivity contribution in [2.24, 2.45) is 0 Å². The SMILES string of the molecule is CS(=O)(=O)N(CCCC(=O)NCCOc1cccc2ccccc12)c1ccc(Cl)cc1. The molecule has 0 aromatic heterocycles. The highest BCUT2D eigenvalue weighted by Crippen LogP contribution is 2.25. The molecule has 0 unspecified atom stereocenters. The molecule has 31 heavy (non-hydrogen) atoms. The van der Waals surface area contributed by atoms with Crippen molar-refractivity contribution in [1.29, 1.82) is 0 Å². The normalized spacial score (nSPS) is 11.3. The zero-order valence-electron chi connectivity index (χ0n) is 17.3. The van der Waals surface area contributed by atoms with Crippen LogP contribution < -0.4 is 14.4 Å². The molecule has 3 aromatic rings. The predicted octanol–water partition coefficient (Wildman–Crippen LogP) is 4.23. The van der Waals surface area contributed by atoms with E-state index in [9.17, 15) is 13.2 Å². The maximum Gasteiger partial charge on any atom is 0.232 e. The van der Waals surface area contributed by atoms with Gasteiger partial charge in [0, 0.05) is 23.4 Å². The highest BCUT2D eigenvalue weighted by molar-refractivity contribution is 7.92. The second-order valence-electron chi connectivity index (χ2n) is 7.09. The number of halogens is 1. The van der Waals surface area contributed by atoms with Gasteiger partial charge in [0.2, 0.25) is 15.9 Å². The van der Waals surface area contributed by atoms with Gasteiger partial charge in [0.15, 0.2) is 0 Å². The average molecular weight is 461 g/mol. The lowest BCUT2D eigenvalue weighted by atomic mass is 10.1. The van der Waals surface area contributed by atoms with Gasteiger partial charge in [-0.1, -0.05) is 48.0 Å². The molecular formula is C23H25ClN2O4S. The van der Waals surface area contributed by atoms with E-state index in [0.717, 1.165) is 22.8 Å². The Labute approximate surface area is 187 Å². The van der Waals surface area contributed by atoms with Crippen LogP contribution in [0, 0.1) is 0 Å². The molecule has 0 bridgehead atoms. The molecule has 3 rings (SSSR count). The van der Waals surface area contributed by atoms with Crippen molar-refractivity contribution >= 4 is 44.0 Å². The van der Waals surface area contributed by atoms with E-state index in [1.807, 2.05) is 42.5 Å². The van der Waals surface area contributed by atoms with Crippen LogP contribution in [0.25, 0.3) is 10.8 Å². The zero-order valence-corrected chi connectivity index (χ0v) is 18.8. The second-order valence-corrected chi connectivity index (χ2v) is 9.43. The van der Waals surface area contributed by atoms with Crippen molar-refractivity contribution in [3.8, 4) is 5.75 Å². The first kappa shape index (κ1) is 22.9. The number of ether oxygens (including phenoxy) is 1. The number of amides is 1. The van der Waals surface area contributed by atoms with Gasteiger partial charge < -0.3 is 10.1 Å². The summed E-state index contributed by atoms with van der Waals surface area (Å²) >= 11 is 5.87. The molecule has 0 atom stereocenters. The summed E-state index contributed by atoms with van der Waals surface area (Å²) in [5.41, 5.74) is 0.524. The minimum atomic E-state index is -3.46. The van der Waals surface area contributed by atoms with E-state index >= 15 is 0 Å². The third kappa shape index (κ3) is 6.60. The van der Waals surface area contributed by atoms with Crippen LogP contribution >= 0.6 is 11.6 Å². The van der Waals surface area contributed by atoms with Crippen LogP contribution in [0.1, 0.15) is 12.8 Å². The van der Waals surface area contributed by atoms with E-state index in [2.05, 4.69) is 5.32 Å². The molecule has 0 aliphatic carbocycles. The Morgan fingerprint density at radius 1 is 1.03 bits per heavy atom. The van der Waals surface area contributed by atoms with E-state index in [0.29, 0.717) is 30.3 Å². The maximum absolute atomic E-state index is 12.1. The summed E-state index contributed by atoms with van der Waals surface area (Å²) in [5, 5.41) is 5.47. The number of nitrogens with zero attached hydrogens (tertiary/aromatic N) is 1. The number of fused-ring (bicyclic) bond motifs is 1. The van der Waals surface area contributed by atoms with Crippen LogP contribution in [-0.2, 0) is 14.8 Å². The number of hydrogen-bond acceptors (Lipinski definition) is 4. The lowest BCUT2D eigenvalue weighted by Gasteiger charge is -2.22. The third-order valence-corrected chi connectivity index (χ3v) is 6.16. The van der Waals surface area contributed by atoms with Crippen molar-refractivity contribution in [3.05, 3.63) is 71.8 Å². The smallest absolute Gasteiger partial charge is 0.232 e. The summed E-state index contributed by atoms with van der Waals surface area (Å²) in [6.45, 7) is 0.926. The number of carbonyl (C=O) groups is 1. The van der Waals surface area contributed by atoms with Gasteiger partial charge >= 0.3 is 0 Å². The summed E-state index contributed by atoms with van der Waals surface area (Å²) in [5.74, 6) is 0.630. The van der Waals surface area contributed by atoms with Gasteiger partial charge in [-0.25, -0.2) is 8.42 Å². The summed E-state index contributed by atoms with van der Waals surface area (Å²) in [7, 11) is -3.46. The Hall–Kier alpha value is -2.77. The molecule has 3 aromatic carbocycles. The Kier molecular flexibility index (Phi) is 7.76. The number of benzene rings is 3. The monoisotopic (exact) mass is 460 g/mol. The Bertz CT molecular complexity index is 1130. The Balaban J connectivity index is 1.43. The van der Waals surface area contributed by atoms with Gasteiger partial charge in [-0.2, -0.15) is 0 Å². The molecular weight excluding hydrogens is 436 g/mol. The first-order valence-corrected chi connectivity index (χ1v) is 12.2. The van der Waals surface area contributed by atoms with Gasteiger partial charge in [0.1, 0.15) is 12.4 Å². The molecule has 0 fully saturated rings. The highest BCUT2D eigenvalue weighted by Gasteiger charge is 2.17. The quantitative estimate of drug-likeness (QED) is 0.459. The van der Waals surface area contributed by atoms with Crippen molar-refractivity contribution in [2.45, 2.75) is 12.8 Å². The Morgan fingerprint density at radius 2 is 1.74 bits per heavy atom. The van der Waals surface area contributed by atoms with Crippen molar-refractivity contribution < 1.29 is 17.9 Å². The largest absolute Gasteiger partial charge is 0.491 e. The minimum absolute atomic E-state index is 0.147. The number of carbonyl (C=O) groups excluding carboxylic acids is 1. The maximum atomic E-state index is 12.1. The molecule has 0 saturated heterocycles. The van der Waals surface area contributed by atoms with Crippen LogP contribution in [0.2, 0.25) is 5.02 Å². The van der Waals surface area contributed by atoms with Gasteiger partial charge in [-0.3, -0.25) is 9.10 Å². The highest BCUT2D eigenvalue weighted by atomic mass is 35.5. The van der Waals surface area contributed by atoms with Crippen molar-refractivity contribution in [1.82, 2.24) is 5.32 Å². The average Bonchev–Trinajstić information content (AvgIpc) is 2.74. The molecule has 1 N–H and O–H groups in total. The first-order chi connectivity index (χ1) is 14.8. The number of sulfonamides is 1. The number of anilines is 1. The molecule has 6 nitrogen and oxygen atoms in total. The summed E-state index contributed by atoms with van der Waals surface area (Å²) in [6, 6.07) is 20.4. The minimum Gasteiger partial charge on any atom is -0.491 e. The van der Waals surface area contributed by atoms with Crippen LogP contribution in [0.3, 0.4) is 0 Å². The molecule has 0 aliphatic rings. The molecule has 0 heterocycles. The van der Waals surface area contributed by atoms with E-state index in [1.54, 1.807) is 24.3 Å². The fourth-order valence-corrected chi connectivity index (χ4v) is 4.33. The molecule has 0 radical (unpaired) electrons. The first-order valence-electron chi connectivity index (χ1n) is 9.95. The van der Waals surface area contributed by atoms with Crippen molar-refractivity contribution in [2.75, 3.05) is 30.3 Å². The topological polar surface area (TPSA) is 75.7 Å². The fraction of sp³-hybridized carbons (Fsp3) is 0.261. The standard InChI is InChI=1S/C23H25ClN2O4S/c1-31(28,29)26(20-13-11-19(24)12-14-20)16-5-10-23(27)25-15-17-30-22-9-4-7-18-6-2-3-8-21(18)22/h2-4,6-9,11-14H,5,10,15-17H2,1H3,(H,25,27). The van der Waals surface area contributed by atoms with Gasteiger partial charge in [-0.05, 0) is 42.1 Å². The molecule has 0 saturated carbocycles. The lowest BCUT2D eigenvalue weighted by Crippen LogP contribution is -2.32.